The Kier molecular flexibility index (Phi) is 4.54. The summed E-state index contributed by atoms with van der Waals surface area (Å²) in [5.41, 5.74) is 3.98. The molecule has 0 bridgehead atoms. The summed E-state index contributed by atoms with van der Waals surface area (Å²) < 4.78 is 9.90. The number of pyridine rings is 2. The topological polar surface area (TPSA) is 111 Å². The Morgan fingerprint density at radius 2 is 2.06 bits per heavy atom. The van der Waals surface area contributed by atoms with E-state index in [0.29, 0.717) is 19.0 Å². The van der Waals surface area contributed by atoms with Crippen molar-refractivity contribution in [1.29, 1.82) is 0 Å². The van der Waals surface area contributed by atoms with Gasteiger partial charge in [0, 0.05) is 43.3 Å². The molecule has 5 rings (SSSR count). The van der Waals surface area contributed by atoms with Gasteiger partial charge in [-0.15, -0.1) is 5.10 Å². The van der Waals surface area contributed by atoms with Gasteiger partial charge in [0.25, 0.3) is 0 Å². The predicted molar refractivity (Wildman–Crippen MR) is 111 cm³/mol. The SMILES string of the molecule is Cc1c(-c2cc(OC(C)c3ccccn3)n3ccnc3c2)nnn1C1CN(C(=O)O)C1. The standard InChI is InChI=1S/C21H21N7O3/c1-13-20(24-25-28(13)16-11-26(12-16)21(29)30)15-9-18-23-7-8-27(18)19(10-15)31-14(2)17-5-3-4-6-22-17/h3-10,14,16H,11-12H2,1-2H3,(H,29,30). The number of carboxylic acid groups (broad SMARTS) is 1. The summed E-state index contributed by atoms with van der Waals surface area (Å²) in [6, 6.07) is 9.57. The minimum atomic E-state index is -0.914. The molecular weight excluding hydrogens is 398 g/mol. The smallest absolute Gasteiger partial charge is 0.407 e. The third kappa shape index (κ3) is 3.35. The van der Waals surface area contributed by atoms with Crippen molar-refractivity contribution in [2.45, 2.75) is 26.0 Å². The molecule has 158 valence electrons. The zero-order chi connectivity index (χ0) is 21.5. The summed E-state index contributed by atoms with van der Waals surface area (Å²) in [6.45, 7) is 4.71. The van der Waals surface area contributed by atoms with Crippen LogP contribution in [-0.4, -0.2) is 58.6 Å². The summed E-state index contributed by atoms with van der Waals surface area (Å²) in [4.78, 5) is 21.2. The highest BCUT2D eigenvalue weighted by molar-refractivity contribution is 5.68. The van der Waals surface area contributed by atoms with Crippen molar-refractivity contribution in [2.75, 3.05) is 13.1 Å². The number of carbonyl (C=O) groups is 1. The average Bonchev–Trinajstić information content (AvgIpc) is 3.34. The molecule has 0 aromatic carbocycles. The minimum Gasteiger partial charge on any atom is -0.469 e. The van der Waals surface area contributed by atoms with Crippen molar-refractivity contribution in [1.82, 2.24) is 34.3 Å². The quantitative estimate of drug-likeness (QED) is 0.529. The van der Waals surface area contributed by atoms with E-state index in [9.17, 15) is 4.79 Å². The second-order valence-electron chi connectivity index (χ2n) is 7.56. The zero-order valence-corrected chi connectivity index (χ0v) is 17.1. The second-order valence-corrected chi connectivity index (χ2v) is 7.56. The normalized spacial score (nSPS) is 15.1. The van der Waals surface area contributed by atoms with Crippen LogP contribution in [0.3, 0.4) is 0 Å². The Bertz CT molecular complexity index is 1240. The Morgan fingerprint density at radius 1 is 1.23 bits per heavy atom. The number of likely N-dealkylation sites (tertiary alicyclic amines) is 1. The van der Waals surface area contributed by atoms with Crippen molar-refractivity contribution < 1.29 is 14.6 Å². The molecule has 4 aromatic heterocycles. The van der Waals surface area contributed by atoms with E-state index in [1.54, 1.807) is 17.1 Å². The van der Waals surface area contributed by atoms with Crippen LogP contribution in [0.5, 0.6) is 5.88 Å². The van der Waals surface area contributed by atoms with Crippen molar-refractivity contribution in [3.8, 4) is 17.1 Å². The largest absolute Gasteiger partial charge is 0.469 e. The number of imidazole rings is 1. The maximum atomic E-state index is 11.1. The lowest BCUT2D eigenvalue weighted by molar-refractivity contribution is 0.0797. The number of hydrogen-bond donors (Lipinski definition) is 1. The highest BCUT2D eigenvalue weighted by Gasteiger charge is 2.34. The van der Waals surface area contributed by atoms with E-state index in [-0.39, 0.29) is 12.1 Å². The van der Waals surface area contributed by atoms with Gasteiger partial charge >= 0.3 is 6.09 Å². The van der Waals surface area contributed by atoms with E-state index >= 15 is 0 Å². The number of amides is 1. The molecule has 0 saturated carbocycles. The van der Waals surface area contributed by atoms with Crippen LogP contribution in [-0.2, 0) is 0 Å². The highest BCUT2D eigenvalue weighted by atomic mass is 16.5. The summed E-state index contributed by atoms with van der Waals surface area (Å²) in [5, 5.41) is 17.7. The molecule has 4 aromatic rings. The summed E-state index contributed by atoms with van der Waals surface area (Å²) in [7, 11) is 0. The average molecular weight is 419 g/mol. The van der Waals surface area contributed by atoms with Gasteiger partial charge in [0.2, 0.25) is 5.88 Å². The molecule has 1 N–H and O–H groups in total. The lowest BCUT2D eigenvalue weighted by Gasteiger charge is -2.37. The van der Waals surface area contributed by atoms with E-state index < -0.39 is 6.09 Å². The van der Waals surface area contributed by atoms with Crippen molar-refractivity contribution in [2.24, 2.45) is 0 Å². The number of aromatic nitrogens is 6. The monoisotopic (exact) mass is 419 g/mol. The lowest BCUT2D eigenvalue weighted by Crippen LogP contribution is -2.50. The Hall–Kier alpha value is -3.95. The van der Waals surface area contributed by atoms with Crippen LogP contribution < -0.4 is 4.74 Å². The van der Waals surface area contributed by atoms with Crippen molar-refractivity contribution in [3.63, 3.8) is 0 Å². The van der Waals surface area contributed by atoms with E-state index in [2.05, 4.69) is 20.3 Å². The van der Waals surface area contributed by atoms with Crippen LogP contribution in [0.4, 0.5) is 4.79 Å². The van der Waals surface area contributed by atoms with Gasteiger partial charge in [-0.3, -0.25) is 9.38 Å². The van der Waals surface area contributed by atoms with Crippen LogP contribution in [0.15, 0.2) is 48.9 Å². The number of fused-ring (bicyclic) bond motifs is 1. The number of hydrogen-bond acceptors (Lipinski definition) is 6. The third-order valence-electron chi connectivity index (χ3n) is 5.55. The van der Waals surface area contributed by atoms with Gasteiger partial charge < -0.3 is 14.7 Å². The van der Waals surface area contributed by atoms with Crippen molar-refractivity contribution >= 4 is 11.7 Å². The van der Waals surface area contributed by atoms with Gasteiger partial charge in [-0.05, 0) is 32.0 Å². The lowest BCUT2D eigenvalue weighted by atomic mass is 10.1. The van der Waals surface area contributed by atoms with Crippen LogP contribution in [0.1, 0.15) is 30.5 Å². The number of rotatable bonds is 5. The molecular formula is C21H21N7O3. The summed E-state index contributed by atoms with van der Waals surface area (Å²) >= 11 is 0. The first-order valence-corrected chi connectivity index (χ1v) is 9.96. The van der Waals surface area contributed by atoms with Gasteiger partial charge in [-0.25, -0.2) is 14.5 Å². The molecule has 1 saturated heterocycles. The first-order chi connectivity index (χ1) is 15.0. The molecule has 0 aliphatic carbocycles. The Labute approximate surface area is 177 Å². The molecule has 10 nitrogen and oxygen atoms in total. The Balaban J connectivity index is 1.47. The molecule has 1 unspecified atom stereocenters. The fourth-order valence-electron chi connectivity index (χ4n) is 3.80. The molecule has 1 aliphatic rings. The predicted octanol–water partition coefficient (Wildman–Crippen LogP) is 2.97. The van der Waals surface area contributed by atoms with Gasteiger partial charge in [0.1, 0.15) is 17.4 Å². The van der Waals surface area contributed by atoms with Crippen LogP contribution in [0.25, 0.3) is 16.9 Å². The molecule has 1 atom stereocenters. The fourth-order valence-corrected chi connectivity index (χ4v) is 3.80. The van der Waals surface area contributed by atoms with Crippen molar-refractivity contribution in [3.05, 3.63) is 60.3 Å². The van der Waals surface area contributed by atoms with E-state index in [0.717, 1.165) is 28.3 Å². The first kappa shape index (κ1) is 19.0. The van der Waals surface area contributed by atoms with E-state index in [4.69, 9.17) is 9.84 Å². The molecule has 0 radical (unpaired) electrons. The van der Waals surface area contributed by atoms with E-state index in [1.165, 1.54) is 4.90 Å². The highest BCUT2D eigenvalue weighted by Crippen LogP contribution is 2.31. The van der Waals surface area contributed by atoms with E-state index in [1.807, 2.05) is 54.8 Å². The third-order valence-corrected chi connectivity index (χ3v) is 5.55. The summed E-state index contributed by atoms with van der Waals surface area (Å²) in [6.07, 6.45) is 4.14. The van der Waals surface area contributed by atoms with Crippen LogP contribution in [0.2, 0.25) is 0 Å². The van der Waals surface area contributed by atoms with Gasteiger partial charge in [-0.1, -0.05) is 11.3 Å². The Morgan fingerprint density at radius 3 is 2.81 bits per heavy atom. The second kappa shape index (κ2) is 7.38. The minimum absolute atomic E-state index is 0.00703. The molecule has 10 heteroatoms. The van der Waals surface area contributed by atoms with Gasteiger partial charge in [0.15, 0.2) is 0 Å². The first-order valence-electron chi connectivity index (χ1n) is 9.96. The zero-order valence-electron chi connectivity index (χ0n) is 17.1. The molecule has 1 fully saturated rings. The molecule has 5 heterocycles. The fraction of sp³-hybridized carbons (Fsp3) is 0.286. The van der Waals surface area contributed by atoms with Crippen LogP contribution >= 0.6 is 0 Å². The molecule has 1 aliphatic heterocycles. The molecule has 1 amide bonds. The number of ether oxygens (including phenoxy) is 1. The summed E-state index contributed by atoms with van der Waals surface area (Å²) in [5.74, 6) is 0.623. The number of nitrogens with zero attached hydrogens (tertiary/aromatic N) is 7. The maximum absolute atomic E-state index is 11.1. The molecule has 31 heavy (non-hydrogen) atoms. The molecule has 0 spiro atoms. The van der Waals surface area contributed by atoms with Crippen LogP contribution in [0, 0.1) is 6.92 Å². The van der Waals surface area contributed by atoms with Gasteiger partial charge in [-0.2, -0.15) is 0 Å². The maximum Gasteiger partial charge on any atom is 0.407 e. The van der Waals surface area contributed by atoms with Gasteiger partial charge in [0.05, 0.1) is 17.4 Å².